The molecule has 2 saturated heterocycles. The predicted molar refractivity (Wildman–Crippen MR) is 117 cm³/mol. The molecule has 2 aromatic carbocycles. The number of piperidine rings is 1. The summed E-state index contributed by atoms with van der Waals surface area (Å²) in [6.07, 6.45) is -1.40. The lowest BCUT2D eigenvalue weighted by molar-refractivity contribution is -0.0541. The van der Waals surface area contributed by atoms with Gasteiger partial charge in [-0.3, -0.25) is 0 Å². The van der Waals surface area contributed by atoms with E-state index in [1.165, 1.54) is 0 Å². The smallest absolute Gasteiger partial charge is 0.410 e. The molecule has 0 spiro atoms. The van der Waals surface area contributed by atoms with E-state index in [-0.39, 0.29) is 43.9 Å². The quantitative estimate of drug-likeness (QED) is 0.586. The van der Waals surface area contributed by atoms with Crippen LogP contribution in [0, 0.1) is 0 Å². The van der Waals surface area contributed by atoms with Crippen LogP contribution in [0.4, 0.5) is 18.0 Å². The van der Waals surface area contributed by atoms with Crippen LogP contribution in [0.25, 0.3) is 11.1 Å². The molecule has 1 amide bonds. The second-order valence-corrected chi connectivity index (χ2v) is 9.39. The Labute approximate surface area is 190 Å². The van der Waals surface area contributed by atoms with Gasteiger partial charge in [0.2, 0.25) is 0 Å². The molecule has 5 rings (SSSR count). The van der Waals surface area contributed by atoms with Crippen molar-refractivity contribution in [3.05, 3.63) is 71.6 Å². The highest BCUT2D eigenvalue weighted by atomic mass is 19.3. The van der Waals surface area contributed by atoms with Crippen LogP contribution in [0.1, 0.15) is 55.6 Å². The Balaban J connectivity index is 1.25. The zero-order valence-electron chi connectivity index (χ0n) is 18.1. The van der Waals surface area contributed by atoms with E-state index in [1.807, 2.05) is 24.3 Å². The van der Waals surface area contributed by atoms with Crippen LogP contribution in [-0.4, -0.2) is 40.4 Å². The number of nitrogens with zero attached hydrogens (tertiary/aromatic N) is 1. The number of amides is 1. The van der Waals surface area contributed by atoms with Crippen LogP contribution in [0.3, 0.4) is 0 Å². The molecule has 4 nitrogen and oxygen atoms in total. The van der Waals surface area contributed by atoms with E-state index in [0.717, 1.165) is 22.3 Å². The molecule has 2 heterocycles. The molecule has 2 bridgehead atoms. The lowest BCUT2D eigenvalue weighted by atomic mass is 9.82. The third kappa shape index (κ3) is 4.03. The first-order valence-corrected chi connectivity index (χ1v) is 11.4. The van der Waals surface area contributed by atoms with E-state index in [2.05, 4.69) is 24.3 Å². The van der Waals surface area contributed by atoms with Crippen molar-refractivity contribution in [3.63, 3.8) is 0 Å². The van der Waals surface area contributed by atoms with Crippen molar-refractivity contribution in [2.45, 2.75) is 62.1 Å². The zero-order valence-corrected chi connectivity index (χ0v) is 18.1. The van der Waals surface area contributed by atoms with Crippen LogP contribution >= 0.6 is 0 Å². The van der Waals surface area contributed by atoms with Crippen molar-refractivity contribution >= 4 is 6.09 Å². The normalized spacial score (nSPS) is 25.5. The molecule has 0 saturated carbocycles. The van der Waals surface area contributed by atoms with Crippen LogP contribution in [0.2, 0.25) is 0 Å². The number of fused-ring (bicyclic) bond motifs is 5. The van der Waals surface area contributed by atoms with Crippen molar-refractivity contribution < 1.29 is 27.8 Å². The molecule has 1 aliphatic carbocycles. The highest BCUT2D eigenvalue weighted by Crippen LogP contribution is 2.46. The average molecular weight is 457 g/mol. The van der Waals surface area contributed by atoms with Crippen molar-refractivity contribution in [3.8, 4) is 11.1 Å². The highest BCUT2D eigenvalue weighted by molar-refractivity contribution is 5.79. The van der Waals surface area contributed by atoms with Gasteiger partial charge in [-0.05, 0) is 54.4 Å². The van der Waals surface area contributed by atoms with Gasteiger partial charge < -0.3 is 14.7 Å². The molecule has 2 atom stereocenters. The number of halogens is 3. The fourth-order valence-electron chi connectivity index (χ4n) is 5.93. The lowest BCUT2D eigenvalue weighted by Gasteiger charge is -2.43. The van der Waals surface area contributed by atoms with Crippen molar-refractivity contribution in [1.82, 2.24) is 4.90 Å². The summed E-state index contributed by atoms with van der Waals surface area (Å²) >= 11 is 0. The number of ether oxygens (including phenoxy) is 1. The maximum atomic E-state index is 13.3. The molecular formula is C26H26F3NO3. The van der Waals surface area contributed by atoms with Gasteiger partial charge in [-0.1, -0.05) is 48.5 Å². The highest BCUT2D eigenvalue weighted by Gasteiger charge is 2.50. The average Bonchev–Trinajstić information content (AvgIpc) is 3.28. The molecule has 2 aliphatic heterocycles. The Kier molecular flexibility index (Phi) is 5.69. The first-order valence-electron chi connectivity index (χ1n) is 11.4. The van der Waals surface area contributed by atoms with Gasteiger partial charge in [0, 0.05) is 24.4 Å². The maximum Gasteiger partial charge on any atom is 0.410 e. The third-order valence-corrected chi connectivity index (χ3v) is 7.41. The van der Waals surface area contributed by atoms with Gasteiger partial charge in [-0.25, -0.2) is 9.18 Å². The third-order valence-electron chi connectivity index (χ3n) is 7.41. The number of hydrogen-bond acceptors (Lipinski definition) is 3. The van der Waals surface area contributed by atoms with Gasteiger partial charge in [0.15, 0.2) is 5.83 Å². The van der Waals surface area contributed by atoms with Crippen LogP contribution in [-0.2, 0) is 4.74 Å². The molecule has 7 heteroatoms. The van der Waals surface area contributed by atoms with E-state index in [4.69, 9.17) is 4.74 Å². The summed E-state index contributed by atoms with van der Waals surface area (Å²) in [6.45, 7) is 0.221. The molecule has 2 aromatic rings. The van der Waals surface area contributed by atoms with Crippen LogP contribution in [0.5, 0.6) is 0 Å². The number of aliphatic hydroxyl groups is 1. The minimum Gasteiger partial charge on any atom is -0.448 e. The fraction of sp³-hybridized carbons (Fsp3) is 0.423. The number of allylic oxidation sites excluding steroid dienone is 1. The summed E-state index contributed by atoms with van der Waals surface area (Å²) in [4.78, 5) is 14.8. The molecule has 2 fully saturated rings. The summed E-state index contributed by atoms with van der Waals surface area (Å²) in [6, 6.07) is 15.8. The van der Waals surface area contributed by atoms with Crippen LogP contribution < -0.4 is 0 Å². The Bertz CT molecular complexity index is 1040. The standard InChI is InChI=1S/C26H26F3NO3/c27-23(24(28)29)11-12-26(32)13-16-9-10-17(14-26)30(16)25(31)33-15-22-20-7-3-1-5-18(20)19-6-2-4-8-21(19)22/h1-8,16-17,22,32H,9-15H2. The summed E-state index contributed by atoms with van der Waals surface area (Å²) in [7, 11) is 0. The first-order chi connectivity index (χ1) is 15.9. The number of hydrogen-bond donors (Lipinski definition) is 1. The Morgan fingerprint density at radius 1 is 0.970 bits per heavy atom. The number of benzene rings is 2. The minimum atomic E-state index is -2.34. The lowest BCUT2D eigenvalue weighted by Crippen LogP contribution is -2.53. The molecule has 1 N–H and O–H groups in total. The SMILES string of the molecule is O=C(OCC1c2ccccc2-c2ccccc21)N1C2CCC1CC(O)(CCC(F)=C(F)F)C2. The second kappa shape index (κ2) is 8.52. The van der Waals surface area contributed by atoms with Gasteiger partial charge in [0.25, 0.3) is 0 Å². The van der Waals surface area contributed by atoms with E-state index in [9.17, 15) is 23.1 Å². The second-order valence-electron chi connectivity index (χ2n) is 9.39. The van der Waals surface area contributed by atoms with Gasteiger partial charge in [-0.15, -0.1) is 0 Å². The van der Waals surface area contributed by atoms with Gasteiger partial charge >= 0.3 is 12.2 Å². The summed E-state index contributed by atoms with van der Waals surface area (Å²) in [5, 5.41) is 10.9. The predicted octanol–water partition coefficient (Wildman–Crippen LogP) is 6.15. The van der Waals surface area contributed by atoms with Crippen LogP contribution in [0.15, 0.2) is 60.4 Å². The molecule has 2 unspecified atom stereocenters. The molecule has 0 aromatic heterocycles. The van der Waals surface area contributed by atoms with Crippen molar-refractivity contribution in [2.75, 3.05) is 6.61 Å². The summed E-state index contributed by atoms with van der Waals surface area (Å²) in [5.74, 6) is -1.51. The van der Waals surface area contributed by atoms with Crippen molar-refractivity contribution in [1.29, 1.82) is 0 Å². The minimum absolute atomic E-state index is 0.0360. The molecule has 33 heavy (non-hydrogen) atoms. The Morgan fingerprint density at radius 2 is 1.52 bits per heavy atom. The molecule has 174 valence electrons. The number of carbonyl (C=O) groups excluding carboxylic acids is 1. The molecule has 0 radical (unpaired) electrons. The first kappa shape index (κ1) is 22.0. The van der Waals surface area contributed by atoms with Gasteiger partial charge in [0.05, 0.1) is 5.60 Å². The largest absolute Gasteiger partial charge is 0.448 e. The number of rotatable bonds is 5. The monoisotopic (exact) mass is 457 g/mol. The number of carbonyl (C=O) groups is 1. The van der Waals surface area contributed by atoms with Gasteiger partial charge in [-0.2, -0.15) is 8.78 Å². The van der Waals surface area contributed by atoms with E-state index in [0.29, 0.717) is 12.8 Å². The summed E-state index contributed by atoms with van der Waals surface area (Å²) in [5.41, 5.74) is 3.33. The Hall–Kier alpha value is -2.80. The maximum absolute atomic E-state index is 13.3. The molecular weight excluding hydrogens is 431 g/mol. The Morgan fingerprint density at radius 3 is 2.06 bits per heavy atom. The van der Waals surface area contributed by atoms with E-state index in [1.54, 1.807) is 4.90 Å². The van der Waals surface area contributed by atoms with E-state index < -0.39 is 30.0 Å². The molecule has 3 aliphatic rings. The summed E-state index contributed by atoms with van der Waals surface area (Å²) < 4.78 is 43.8. The van der Waals surface area contributed by atoms with Crippen molar-refractivity contribution in [2.24, 2.45) is 0 Å². The van der Waals surface area contributed by atoms with Gasteiger partial charge in [0.1, 0.15) is 6.61 Å². The zero-order chi connectivity index (χ0) is 23.2. The fourth-order valence-corrected chi connectivity index (χ4v) is 5.93. The van der Waals surface area contributed by atoms with E-state index >= 15 is 0 Å². The topological polar surface area (TPSA) is 49.8 Å².